The van der Waals surface area contributed by atoms with E-state index in [0.29, 0.717) is 0 Å². The molecule has 2 N–H and O–H groups in total. The Morgan fingerprint density at radius 1 is 0.769 bits per heavy atom. The molecule has 0 amide bonds. The molecule has 0 heterocycles. The van der Waals surface area contributed by atoms with E-state index in [2.05, 4.69) is 41.7 Å². The van der Waals surface area contributed by atoms with Gasteiger partial charge in [-0.05, 0) is 60.8 Å². The smallest absolute Gasteiger partial charge is 0.127 e. The minimum atomic E-state index is 0.0823. The Hall–Kier alpha value is -2.62. The van der Waals surface area contributed by atoms with Crippen molar-refractivity contribution < 1.29 is 9.84 Å². The van der Waals surface area contributed by atoms with E-state index in [1.165, 1.54) is 16.7 Å². The zero-order chi connectivity index (χ0) is 18.2. The van der Waals surface area contributed by atoms with E-state index in [9.17, 15) is 5.11 Å². The number of benzene rings is 3. The fourth-order valence-corrected chi connectivity index (χ4v) is 2.88. The monoisotopic (exact) mass is 347 g/mol. The molecule has 0 aromatic heterocycles. The van der Waals surface area contributed by atoms with Gasteiger partial charge in [-0.1, -0.05) is 54.6 Å². The van der Waals surface area contributed by atoms with Gasteiger partial charge in [-0.25, -0.2) is 0 Å². The van der Waals surface area contributed by atoms with Crippen LogP contribution in [0, 0.1) is 0 Å². The molecule has 0 aliphatic carbocycles. The van der Waals surface area contributed by atoms with Crippen molar-refractivity contribution in [3.63, 3.8) is 0 Å². The molecule has 3 rings (SSSR count). The van der Waals surface area contributed by atoms with Gasteiger partial charge in [-0.3, -0.25) is 0 Å². The molecule has 0 fully saturated rings. The van der Waals surface area contributed by atoms with E-state index in [4.69, 9.17) is 4.74 Å². The minimum Gasteiger partial charge on any atom is -0.457 e. The van der Waals surface area contributed by atoms with Crippen molar-refractivity contribution in [1.29, 1.82) is 0 Å². The van der Waals surface area contributed by atoms with E-state index in [-0.39, 0.29) is 12.6 Å². The topological polar surface area (TPSA) is 41.5 Å². The lowest BCUT2D eigenvalue weighted by Crippen LogP contribution is -2.31. The van der Waals surface area contributed by atoms with E-state index >= 15 is 0 Å². The fraction of sp³-hybridized carbons (Fsp3) is 0.217. The van der Waals surface area contributed by atoms with E-state index in [1.807, 2.05) is 49.5 Å². The van der Waals surface area contributed by atoms with Gasteiger partial charge in [-0.15, -0.1) is 0 Å². The van der Waals surface area contributed by atoms with Crippen LogP contribution in [0.1, 0.15) is 16.7 Å². The van der Waals surface area contributed by atoms with E-state index in [1.54, 1.807) is 0 Å². The number of hydrogen-bond acceptors (Lipinski definition) is 3. The Morgan fingerprint density at radius 2 is 1.31 bits per heavy atom. The molecule has 1 atom stereocenters. The van der Waals surface area contributed by atoms with Gasteiger partial charge < -0.3 is 15.2 Å². The molecule has 0 radical (unpaired) electrons. The highest BCUT2D eigenvalue weighted by atomic mass is 16.5. The number of nitrogens with one attached hydrogen (secondary N) is 1. The Labute approximate surface area is 155 Å². The van der Waals surface area contributed by atoms with Crippen LogP contribution in [0.25, 0.3) is 0 Å². The molecule has 0 saturated heterocycles. The molecule has 3 aromatic rings. The van der Waals surface area contributed by atoms with Crippen LogP contribution in [-0.2, 0) is 12.8 Å². The number of hydrogen-bond donors (Lipinski definition) is 2. The maximum Gasteiger partial charge on any atom is 0.127 e. The number of rotatable bonds is 8. The molecule has 0 aliphatic heterocycles. The van der Waals surface area contributed by atoms with Crippen LogP contribution in [0.2, 0.25) is 0 Å². The summed E-state index contributed by atoms with van der Waals surface area (Å²) in [6.45, 7) is 0.129. The van der Waals surface area contributed by atoms with Crippen LogP contribution in [0.4, 0.5) is 0 Å². The molecule has 1 unspecified atom stereocenters. The highest BCUT2D eigenvalue weighted by molar-refractivity contribution is 5.36. The molecule has 3 heteroatoms. The Morgan fingerprint density at radius 3 is 1.85 bits per heavy atom. The van der Waals surface area contributed by atoms with E-state index < -0.39 is 0 Å². The Kier molecular flexibility index (Phi) is 6.42. The molecular weight excluding hydrogens is 322 g/mol. The van der Waals surface area contributed by atoms with Crippen molar-refractivity contribution in [3.05, 3.63) is 95.6 Å². The van der Waals surface area contributed by atoms with Crippen LogP contribution in [0.3, 0.4) is 0 Å². The second-order valence-electron chi connectivity index (χ2n) is 6.42. The summed E-state index contributed by atoms with van der Waals surface area (Å²) in [6, 6.07) is 26.8. The quantitative estimate of drug-likeness (QED) is 0.642. The van der Waals surface area contributed by atoms with Crippen molar-refractivity contribution >= 4 is 0 Å². The molecule has 3 nitrogen and oxygen atoms in total. The van der Waals surface area contributed by atoms with Crippen LogP contribution in [-0.4, -0.2) is 24.8 Å². The number of aliphatic hydroxyl groups is 1. The van der Waals surface area contributed by atoms with Gasteiger partial charge >= 0.3 is 0 Å². The molecule has 0 saturated carbocycles. The number of aliphatic hydroxyl groups excluding tert-OH is 1. The van der Waals surface area contributed by atoms with Crippen molar-refractivity contribution in [3.8, 4) is 11.5 Å². The Balaban J connectivity index is 1.58. The highest BCUT2D eigenvalue weighted by Crippen LogP contribution is 2.23. The summed E-state index contributed by atoms with van der Waals surface area (Å²) in [6.07, 6.45) is 1.72. The lowest BCUT2D eigenvalue weighted by atomic mass is 10.1. The molecule has 134 valence electrons. The summed E-state index contributed by atoms with van der Waals surface area (Å²) < 4.78 is 5.93. The largest absolute Gasteiger partial charge is 0.457 e. The van der Waals surface area contributed by atoms with Gasteiger partial charge in [0.2, 0.25) is 0 Å². The predicted molar refractivity (Wildman–Crippen MR) is 106 cm³/mol. The third-order valence-electron chi connectivity index (χ3n) is 4.44. The standard InChI is InChI=1S/C23H25NO2/c1-24-21(17-25)16-20-9-13-23(14-10-20)26-22-11-7-19(8-12-22)15-18-5-3-2-4-6-18/h2-14,21,24-25H,15-17H2,1H3. The van der Waals surface area contributed by atoms with E-state index in [0.717, 1.165) is 24.3 Å². The van der Waals surface area contributed by atoms with Crippen molar-refractivity contribution in [2.24, 2.45) is 0 Å². The van der Waals surface area contributed by atoms with Gasteiger partial charge in [0.25, 0.3) is 0 Å². The van der Waals surface area contributed by atoms with Gasteiger partial charge in [0.1, 0.15) is 11.5 Å². The third-order valence-corrected chi connectivity index (χ3v) is 4.44. The van der Waals surface area contributed by atoms with Crippen LogP contribution >= 0.6 is 0 Å². The molecule has 0 bridgehead atoms. The van der Waals surface area contributed by atoms with Gasteiger partial charge in [0.15, 0.2) is 0 Å². The SMILES string of the molecule is CNC(CO)Cc1ccc(Oc2ccc(Cc3ccccc3)cc2)cc1. The summed E-state index contributed by atoms with van der Waals surface area (Å²) in [5, 5.41) is 12.4. The van der Waals surface area contributed by atoms with Crippen LogP contribution in [0.5, 0.6) is 11.5 Å². The zero-order valence-corrected chi connectivity index (χ0v) is 15.1. The second-order valence-corrected chi connectivity index (χ2v) is 6.42. The zero-order valence-electron chi connectivity index (χ0n) is 15.1. The van der Waals surface area contributed by atoms with Crippen molar-refractivity contribution in [2.45, 2.75) is 18.9 Å². The first kappa shape index (κ1) is 18.2. The first-order chi connectivity index (χ1) is 12.8. The molecule has 3 aromatic carbocycles. The average molecular weight is 347 g/mol. The molecule has 26 heavy (non-hydrogen) atoms. The summed E-state index contributed by atoms with van der Waals surface area (Å²) in [4.78, 5) is 0. The summed E-state index contributed by atoms with van der Waals surface area (Å²) in [5.74, 6) is 1.65. The Bertz CT molecular complexity index is 779. The maximum atomic E-state index is 9.27. The lowest BCUT2D eigenvalue weighted by molar-refractivity contribution is 0.248. The number of ether oxygens (including phenoxy) is 1. The summed E-state index contributed by atoms with van der Waals surface area (Å²) >= 11 is 0. The third kappa shape index (κ3) is 5.19. The first-order valence-corrected chi connectivity index (χ1v) is 8.94. The summed E-state index contributed by atoms with van der Waals surface area (Å²) in [5.41, 5.74) is 3.74. The van der Waals surface area contributed by atoms with Gasteiger partial charge in [0.05, 0.1) is 6.61 Å². The van der Waals surface area contributed by atoms with Crippen LogP contribution < -0.4 is 10.1 Å². The summed E-state index contributed by atoms with van der Waals surface area (Å²) in [7, 11) is 1.86. The van der Waals surface area contributed by atoms with Gasteiger partial charge in [0, 0.05) is 6.04 Å². The molecular formula is C23H25NO2. The average Bonchev–Trinajstić information content (AvgIpc) is 2.70. The highest BCUT2D eigenvalue weighted by Gasteiger charge is 2.06. The number of likely N-dealkylation sites (N-methyl/N-ethyl adjacent to an activating group) is 1. The van der Waals surface area contributed by atoms with Crippen molar-refractivity contribution in [2.75, 3.05) is 13.7 Å². The van der Waals surface area contributed by atoms with Gasteiger partial charge in [-0.2, -0.15) is 0 Å². The second kappa shape index (κ2) is 9.18. The maximum absolute atomic E-state index is 9.27. The fourth-order valence-electron chi connectivity index (χ4n) is 2.88. The molecule has 0 spiro atoms. The van der Waals surface area contributed by atoms with Crippen LogP contribution in [0.15, 0.2) is 78.9 Å². The molecule has 0 aliphatic rings. The predicted octanol–water partition coefficient (Wildman–Crippen LogP) is 4.19. The minimum absolute atomic E-state index is 0.0823. The lowest BCUT2D eigenvalue weighted by Gasteiger charge is -2.13. The van der Waals surface area contributed by atoms with Crippen molar-refractivity contribution in [1.82, 2.24) is 5.32 Å². The first-order valence-electron chi connectivity index (χ1n) is 8.94. The normalized spacial score (nSPS) is 11.9.